The first-order valence-corrected chi connectivity index (χ1v) is 8.15. The average molecular weight is 318 g/mol. The molecule has 3 heteroatoms. The highest BCUT2D eigenvalue weighted by molar-refractivity contribution is 5.87. The lowest BCUT2D eigenvalue weighted by molar-refractivity contribution is -0.128. The highest BCUT2D eigenvalue weighted by Gasteiger charge is 2.30. The number of hydrogen-bond donors (Lipinski definition) is 0. The first-order valence-electron chi connectivity index (χ1n) is 8.15. The van der Waals surface area contributed by atoms with Gasteiger partial charge in [0.05, 0.1) is 7.11 Å². The maximum atomic E-state index is 12.5. The highest BCUT2D eigenvalue weighted by atomic mass is 16.5. The molecule has 0 aliphatic carbocycles. The van der Waals surface area contributed by atoms with Crippen LogP contribution in [0.25, 0.3) is 0 Å². The van der Waals surface area contributed by atoms with E-state index in [1.54, 1.807) is 7.11 Å². The molecular formula is C20H30O3. The molecule has 0 saturated heterocycles. The predicted molar refractivity (Wildman–Crippen MR) is 93.9 cm³/mol. The van der Waals surface area contributed by atoms with Gasteiger partial charge in [-0.2, -0.15) is 0 Å². The summed E-state index contributed by atoms with van der Waals surface area (Å²) in [5.74, 6) is 1.05. The molecule has 0 aromatic heterocycles. The Bertz CT molecular complexity index is 514. The van der Waals surface area contributed by atoms with E-state index in [-0.39, 0.29) is 17.5 Å². The molecule has 0 bridgehead atoms. The molecule has 0 amide bonds. The van der Waals surface area contributed by atoms with Crippen LogP contribution in [0.3, 0.4) is 0 Å². The fraction of sp³-hybridized carbons (Fsp3) is 0.600. The number of methoxy groups -OCH3 is 1. The SMILES string of the molecule is COc1ccc(C(CC(=O)C(C)(C)C)CC(=O)C(C)(C)C)cc1. The van der Waals surface area contributed by atoms with Gasteiger partial charge in [-0.25, -0.2) is 0 Å². The minimum Gasteiger partial charge on any atom is -0.497 e. The third-order valence-corrected chi connectivity index (χ3v) is 4.12. The van der Waals surface area contributed by atoms with Gasteiger partial charge in [0.25, 0.3) is 0 Å². The zero-order valence-electron chi connectivity index (χ0n) is 15.5. The summed E-state index contributed by atoms with van der Waals surface area (Å²) in [6, 6.07) is 7.67. The van der Waals surface area contributed by atoms with Crippen molar-refractivity contribution in [1.29, 1.82) is 0 Å². The van der Waals surface area contributed by atoms with E-state index in [2.05, 4.69) is 0 Å². The van der Waals surface area contributed by atoms with Crippen molar-refractivity contribution >= 4 is 11.6 Å². The summed E-state index contributed by atoms with van der Waals surface area (Å²) in [6.45, 7) is 11.5. The smallest absolute Gasteiger partial charge is 0.138 e. The van der Waals surface area contributed by atoms with Crippen molar-refractivity contribution in [2.45, 2.75) is 60.3 Å². The van der Waals surface area contributed by atoms with Crippen molar-refractivity contribution in [2.24, 2.45) is 10.8 Å². The number of hydrogen-bond acceptors (Lipinski definition) is 3. The molecule has 0 N–H and O–H groups in total. The van der Waals surface area contributed by atoms with Gasteiger partial charge < -0.3 is 4.74 Å². The second-order valence-electron chi connectivity index (χ2n) is 8.22. The van der Waals surface area contributed by atoms with Crippen molar-refractivity contribution in [3.63, 3.8) is 0 Å². The van der Waals surface area contributed by atoms with Crippen molar-refractivity contribution in [1.82, 2.24) is 0 Å². The summed E-state index contributed by atoms with van der Waals surface area (Å²) < 4.78 is 5.19. The molecule has 3 nitrogen and oxygen atoms in total. The normalized spacial score (nSPS) is 12.3. The summed E-state index contributed by atoms with van der Waals surface area (Å²) in [5, 5.41) is 0. The Kier molecular flexibility index (Phi) is 6.15. The zero-order chi connectivity index (χ0) is 17.8. The van der Waals surface area contributed by atoms with Gasteiger partial charge in [0, 0.05) is 23.7 Å². The summed E-state index contributed by atoms with van der Waals surface area (Å²) in [5.41, 5.74) is 0.228. The van der Waals surface area contributed by atoms with E-state index in [0.717, 1.165) is 11.3 Å². The standard InChI is InChI=1S/C20H30O3/c1-19(2,3)17(21)12-15(13-18(22)20(4,5)6)14-8-10-16(23-7)11-9-14/h8-11,15H,12-13H2,1-7H3. The highest BCUT2D eigenvalue weighted by Crippen LogP contribution is 2.32. The van der Waals surface area contributed by atoms with Crippen molar-refractivity contribution < 1.29 is 14.3 Å². The average Bonchev–Trinajstić information content (AvgIpc) is 2.44. The van der Waals surface area contributed by atoms with E-state index >= 15 is 0 Å². The summed E-state index contributed by atoms with van der Waals surface area (Å²) in [6.07, 6.45) is 0.773. The molecule has 0 saturated carbocycles. The van der Waals surface area contributed by atoms with Gasteiger partial charge in [-0.05, 0) is 23.6 Å². The van der Waals surface area contributed by atoms with Gasteiger partial charge in [-0.1, -0.05) is 53.7 Å². The second kappa shape index (κ2) is 7.29. The van der Waals surface area contributed by atoms with Crippen LogP contribution in [0.15, 0.2) is 24.3 Å². The maximum Gasteiger partial charge on any atom is 0.138 e. The Morgan fingerprint density at radius 2 is 1.26 bits per heavy atom. The second-order valence-corrected chi connectivity index (χ2v) is 8.22. The van der Waals surface area contributed by atoms with Crippen molar-refractivity contribution in [2.75, 3.05) is 7.11 Å². The van der Waals surface area contributed by atoms with Crippen LogP contribution >= 0.6 is 0 Å². The molecule has 0 spiro atoms. The van der Waals surface area contributed by atoms with E-state index in [4.69, 9.17) is 4.74 Å². The first kappa shape index (κ1) is 19.4. The fourth-order valence-corrected chi connectivity index (χ4v) is 2.24. The molecule has 1 aromatic rings. The van der Waals surface area contributed by atoms with Gasteiger partial charge in [-0.3, -0.25) is 9.59 Å². The number of benzene rings is 1. The number of ether oxygens (including phenoxy) is 1. The molecule has 0 radical (unpaired) electrons. The van der Waals surface area contributed by atoms with Crippen molar-refractivity contribution in [3.8, 4) is 5.75 Å². The summed E-state index contributed by atoms with van der Waals surface area (Å²) in [4.78, 5) is 24.9. The van der Waals surface area contributed by atoms with E-state index in [1.807, 2.05) is 65.8 Å². The van der Waals surface area contributed by atoms with Crippen LogP contribution < -0.4 is 4.74 Å². The minimum atomic E-state index is -0.393. The Hall–Kier alpha value is -1.64. The van der Waals surface area contributed by atoms with E-state index in [1.165, 1.54) is 0 Å². The predicted octanol–water partition coefficient (Wildman–Crippen LogP) is 4.79. The zero-order valence-corrected chi connectivity index (χ0v) is 15.5. The molecule has 0 aliphatic heterocycles. The van der Waals surface area contributed by atoms with Crippen LogP contribution in [0.2, 0.25) is 0 Å². The molecule has 0 heterocycles. The molecular weight excluding hydrogens is 288 g/mol. The number of carbonyl (C=O) groups is 2. The largest absolute Gasteiger partial charge is 0.497 e. The molecule has 1 aromatic carbocycles. The van der Waals surface area contributed by atoms with E-state index < -0.39 is 10.8 Å². The quantitative estimate of drug-likeness (QED) is 0.757. The third kappa shape index (κ3) is 5.81. The van der Waals surface area contributed by atoms with Gasteiger partial charge >= 0.3 is 0 Å². The summed E-state index contributed by atoms with van der Waals surface area (Å²) >= 11 is 0. The number of ketones is 2. The number of Topliss-reactive ketones (excluding diaryl/α,β-unsaturated/α-hetero) is 2. The van der Waals surface area contributed by atoms with Crippen LogP contribution in [0.5, 0.6) is 5.75 Å². The van der Waals surface area contributed by atoms with Gasteiger partial charge in [0.2, 0.25) is 0 Å². The van der Waals surface area contributed by atoms with Gasteiger partial charge in [-0.15, -0.1) is 0 Å². The van der Waals surface area contributed by atoms with Crippen LogP contribution in [0.1, 0.15) is 65.9 Å². The Labute approximate surface area is 140 Å². The monoisotopic (exact) mass is 318 g/mol. The lowest BCUT2D eigenvalue weighted by atomic mass is 9.78. The third-order valence-electron chi connectivity index (χ3n) is 4.12. The number of carbonyl (C=O) groups excluding carboxylic acids is 2. The lowest BCUT2D eigenvalue weighted by Crippen LogP contribution is -2.26. The van der Waals surface area contributed by atoms with Gasteiger partial charge in [0.15, 0.2) is 0 Å². The Morgan fingerprint density at radius 3 is 1.57 bits per heavy atom. The summed E-state index contributed by atoms with van der Waals surface area (Å²) in [7, 11) is 1.62. The molecule has 128 valence electrons. The van der Waals surface area contributed by atoms with E-state index in [9.17, 15) is 9.59 Å². The lowest BCUT2D eigenvalue weighted by Gasteiger charge is -2.25. The Balaban J connectivity index is 3.04. The van der Waals surface area contributed by atoms with Crippen LogP contribution in [-0.2, 0) is 9.59 Å². The molecule has 0 unspecified atom stereocenters. The number of rotatable bonds is 6. The topological polar surface area (TPSA) is 43.4 Å². The molecule has 0 fully saturated rings. The Morgan fingerprint density at radius 1 is 0.870 bits per heavy atom. The van der Waals surface area contributed by atoms with Crippen molar-refractivity contribution in [3.05, 3.63) is 29.8 Å². The van der Waals surface area contributed by atoms with Crippen LogP contribution in [0, 0.1) is 10.8 Å². The van der Waals surface area contributed by atoms with E-state index in [0.29, 0.717) is 12.8 Å². The first-order chi connectivity index (χ1) is 10.4. The van der Waals surface area contributed by atoms with Crippen LogP contribution in [0.4, 0.5) is 0 Å². The molecule has 0 aliphatic rings. The van der Waals surface area contributed by atoms with Gasteiger partial charge in [0.1, 0.15) is 17.3 Å². The molecule has 0 atom stereocenters. The minimum absolute atomic E-state index is 0.0839. The molecule has 23 heavy (non-hydrogen) atoms. The molecule has 1 rings (SSSR count). The maximum absolute atomic E-state index is 12.5. The van der Waals surface area contributed by atoms with Crippen LogP contribution in [-0.4, -0.2) is 18.7 Å². The fourth-order valence-electron chi connectivity index (χ4n) is 2.24.